The second kappa shape index (κ2) is 7.82. The molecule has 0 atom stereocenters. The monoisotopic (exact) mass is 367 g/mol. The second-order valence-electron chi connectivity index (χ2n) is 7.43. The molecule has 0 saturated carbocycles. The van der Waals surface area contributed by atoms with Crippen molar-refractivity contribution in [2.45, 2.75) is 38.5 Å². The number of aliphatic carboxylic acids is 1. The molecule has 3 rings (SSSR count). The molecule has 1 fully saturated rings. The molecular weight excluding hydrogens is 342 g/mol. The van der Waals surface area contributed by atoms with E-state index < -0.39 is 11.4 Å². The maximum Gasteiger partial charge on any atom is 0.313 e. The molecule has 5 nitrogen and oxygen atoms in total. The first-order valence-corrected chi connectivity index (χ1v) is 9.29. The Labute approximate surface area is 159 Å². The summed E-state index contributed by atoms with van der Waals surface area (Å²) >= 11 is 0. The Bertz CT molecular complexity index is 803. The first-order chi connectivity index (χ1) is 12.9. The summed E-state index contributed by atoms with van der Waals surface area (Å²) in [5.74, 6) is 0.456. The largest absolute Gasteiger partial charge is 0.481 e. The van der Waals surface area contributed by atoms with Gasteiger partial charge >= 0.3 is 5.97 Å². The minimum atomic E-state index is -0.949. The van der Waals surface area contributed by atoms with Crippen LogP contribution in [0.2, 0.25) is 0 Å². The lowest BCUT2D eigenvalue weighted by atomic mass is 9.85. The van der Waals surface area contributed by atoms with E-state index >= 15 is 0 Å². The van der Waals surface area contributed by atoms with Gasteiger partial charge in [0, 0.05) is 18.7 Å². The Balaban J connectivity index is 1.66. The molecule has 1 aliphatic heterocycles. The lowest BCUT2D eigenvalue weighted by Crippen LogP contribution is -2.35. The van der Waals surface area contributed by atoms with E-state index in [1.807, 2.05) is 4.90 Å². The highest BCUT2D eigenvalue weighted by atomic mass is 16.5. The molecule has 1 saturated heterocycles. The first-order valence-electron chi connectivity index (χ1n) is 9.29. The number of ether oxygens (including phenoxy) is 1. The number of hydrogen-bond acceptors (Lipinski definition) is 3. The van der Waals surface area contributed by atoms with Crippen LogP contribution in [0.25, 0.3) is 0 Å². The number of likely N-dealkylation sites (tertiary alicyclic amines) is 1. The smallest absolute Gasteiger partial charge is 0.313 e. The van der Waals surface area contributed by atoms with Crippen molar-refractivity contribution < 1.29 is 19.4 Å². The highest BCUT2D eigenvalue weighted by molar-refractivity contribution is 5.94. The number of hydrogen-bond donors (Lipinski definition) is 1. The average molecular weight is 367 g/mol. The summed E-state index contributed by atoms with van der Waals surface area (Å²) < 4.78 is 5.81. The number of benzene rings is 2. The molecule has 1 N–H and O–H groups in total. The van der Waals surface area contributed by atoms with Crippen molar-refractivity contribution >= 4 is 11.9 Å². The Hall–Kier alpha value is -2.82. The fraction of sp³-hybridized carbons (Fsp3) is 0.364. The van der Waals surface area contributed by atoms with Crippen LogP contribution in [0.3, 0.4) is 0 Å². The van der Waals surface area contributed by atoms with Crippen LogP contribution in [-0.4, -0.2) is 35.0 Å². The van der Waals surface area contributed by atoms with Crippen molar-refractivity contribution in [2.75, 3.05) is 13.1 Å². The average Bonchev–Trinajstić information content (AvgIpc) is 2.69. The van der Waals surface area contributed by atoms with Gasteiger partial charge in [0.25, 0.3) is 5.91 Å². The van der Waals surface area contributed by atoms with Crippen LogP contribution >= 0.6 is 0 Å². The molecule has 0 aliphatic carbocycles. The molecule has 0 radical (unpaired) electrons. The number of carboxylic acids is 1. The lowest BCUT2D eigenvalue weighted by Gasteiger charge is -2.26. The zero-order valence-corrected chi connectivity index (χ0v) is 15.8. The summed E-state index contributed by atoms with van der Waals surface area (Å²) in [6.45, 7) is 5.00. The van der Waals surface area contributed by atoms with E-state index in [1.54, 1.807) is 62.4 Å². The van der Waals surface area contributed by atoms with E-state index in [1.165, 1.54) is 6.42 Å². The number of carboxylic acid groups (broad SMARTS) is 1. The Morgan fingerprint density at radius 3 is 1.93 bits per heavy atom. The third kappa shape index (κ3) is 4.30. The molecule has 2 aromatic rings. The molecule has 0 unspecified atom stereocenters. The van der Waals surface area contributed by atoms with E-state index in [0.29, 0.717) is 22.6 Å². The number of nitrogens with zero attached hydrogens (tertiary/aromatic N) is 1. The van der Waals surface area contributed by atoms with Gasteiger partial charge in [-0.05, 0) is 75.1 Å². The summed E-state index contributed by atoms with van der Waals surface area (Å²) in [5, 5.41) is 9.30. The van der Waals surface area contributed by atoms with Gasteiger partial charge < -0.3 is 14.7 Å². The van der Waals surface area contributed by atoms with E-state index in [-0.39, 0.29) is 5.91 Å². The number of piperidine rings is 1. The van der Waals surface area contributed by atoms with Crippen LogP contribution in [-0.2, 0) is 10.2 Å². The minimum absolute atomic E-state index is 0.0708. The van der Waals surface area contributed by atoms with E-state index in [9.17, 15) is 14.7 Å². The molecule has 1 aliphatic rings. The van der Waals surface area contributed by atoms with Gasteiger partial charge in [0.1, 0.15) is 11.5 Å². The maximum atomic E-state index is 12.5. The first kappa shape index (κ1) is 19.0. The lowest BCUT2D eigenvalue weighted by molar-refractivity contribution is -0.142. The number of amides is 1. The second-order valence-corrected chi connectivity index (χ2v) is 7.43. The van der Waals surface area contributed by atoms with Crippen LogP contribution < -0.4 is 4.74 Å². The van der Waals surface area contributed by atoms with Crippen LogP contribution in [0, 0.1) is 0 Å². The molecule has 1 heterocycles. The molecule has 142 valence electrons. The molecule has 0 spiro atoms. The Morgan fingerprint density at radius 2 is 1.41 bits per heavy atom. The van der Waals surface area contributed by atoms with Crippen LogP contribution in [0.5, 0.6) is 11.5 Å². The zero-order valence-electron chi connectivity index (χ0n) is 15.8. The molecule has 0 aromatic heterocycles. The van der Waals surface area contributed by atoms with Crippen LogP contribution in [0.1, 0.15) is 49.0 Å². The summed E-state index contributed by atoms with van der Waals surface area (Å²) in [4.78, 5) is 25.7. The van der Waals surface area contributed by atoms with Gasteiger partial charge in [0.15, 0.2) is 0 Å². The topological polar surface area (TPSA) is 66.8 Å². The van der Waals surface area contributed by atoms with E-state index in [2.05, 4.69) is 0 Å². The Kier molecular flexibility index (Phi) is 5.49. The van der Waals surface area contributed by atoms with Gasteiger partial charge in [0.2, 0.25) is 0 Å². The summed E-state index contributed by atoms with van der Waals surface area (Å²) in [6.07, 6.45) is 3.34. The van der Waals surface area contributed by atoms with E-state index in [0.717, 1.165) is 25.9 Å². The van der Waals surface area contributed by atoms with Crippen molar-refractivity contribution in [3.63, 3.8) is 0 Å². The third-order valence-electron chi connectivity index (χ3n) is 5.09. The van der Waals surface area contributed by atoms with Gasteiger partial charge in [-0.3, -0.25) is 9.59 Å². The highest BCUT2D eigenvalue weighted by Crippen LogP contribution is 2.28. The predicted octanol–water partition coefficient (Wildman–Crippen LogP) is 4.47. The van der Waals surface area contributed by atoms with Gasteiger partial charge in [-0.1, -0.05) is 12.1 Å². The standard InChI is InChI=1S/C22H25NO4/c1-22(2,21(25)26)17-8-12-19(13-9-17)27-18-10-6-16(7-11-18)20(24)23-14-4-3-5-15-23/h6-13H,3-5,14-15H2,1-2H3,(H,25,26). The molecule has 27 heavy (non-hydrogen) atoms. The molecular formula is C22H25NO4. The van der Waals surface area contributed by atoms with Gasteiger partial charge in [-0.2, -0.15) is 0 Å². The van der Waals surface area contributed by atoms with Crippen molar-refractivity contribution in [3.8, 4) is 11.5 Å². The number of carbonyl (C=O) groups is 2. The van der Waals surface area contributed by atoms with E-state index in [4.69, 9.17) is 4.74 Å². The van der Waals surface area contributed by atoms with Crippen molar-refractivity contribution in [1.29, 1.82) is 0 Å². The summed E-state index contributed by atoms with van der Waals surface area (Å²) in [5.41, 5.74) is 0.433. The number of carbonyl (C=O) groups excluding carboxylic acids is 1. The van der Waals surface area contributed by atoms with Crippen molar-refractivity contribution in [1.82, 2.24) is 4.90 Å². The van der Waals surface area contributed by atoms with Crippen molar-refractivity contribution in [2.24, 2.45) is 0 Å². The van der Waals surface area contributed by atoms with Gasteiger partial charge in [-0.25, -0.2) is 0 Å². The number of rotatable bonds is 5. The molecule has 1 amide bonds. The van der Waals surface area contributed by atoms with Crippen LogP contribution in [0.15, 0.2) is 48.5 Å². The Morgan fingerprint density at radius 1 is 0.889 bits per heavy atom. The van der Waals surface area contributed by atoms with Crippen molar-refractivity contribution in [3.05, 3.63) is 59.7 Å². The highest BCUT2D eigenvalue weighted by Gasteiger charge is 2.29. The maximum absolute atomic E-state index is 12.5. The zero-order chi connectivity index (χ0) is 19.4. The quantitative estimate of drug-likeness (QED) is 0.847. The normalized spacial score (nSPS) is 14.7. The minimum Gasteiger partial charge on any atom is -0.481 e. The summed E-state index contributed by atoms with van der Waals surface area (Å²) in [7, 11) is 0. The van der Waals surface area contributed by atoms with Gasteiger partial charge in [0.05, 0.1) is 5.41 Å². The fourth-order valence-electron chi connectivity index (χ4n) is 3.14. The SMILES string of the molecule is CC(C)(C(=O)O)c1ccc(Oc2ccc(C(=O)N3CCCCC3)cc2)cc1. The molecule has 5 heteroatoms. The predicted molar refractivity (Wildman–Crippen MR) is 103 cm³/mol. The van der Waals surface area contributed by atoms with Gasteiger partial charge in [-0.15, -0.1) is 0 Å². The molecule has 0 bridgehead atoms. The summed E-state index contributed by atoms with van der Waals surface area (Å²) in [6, 6.07) is 14.2. The van der Waals surface area contributed by atoms with Crippen LogP contribution in [0.4, 0.5) is 0 Å². The fourth-order valence-corrected chi connectivity index (χ4v) is 3.14. The molecule has 2 aromatic carbocycles. The third-order valence-corrected chi connectivity index (χ3v) is 5.09.